The first kappa shape index (κ1) is 11.3. The lowest BCUT2D eigenvalue weighted by molar-refractivity contribution is 0.0702. The molecule has 0 spiro atoms. The standard InChI is InChI=1S/C10H13ClN4O/c11-9-5-13-8(4-14-9)10(16)15-3-1-2-7(12)6-15/h4-5,7H,1-3,6,12H2. The summed E-state index contributed by atoms with van der Waals surface area (Å²) in [6, 6.07) is 0.0676. The molecule has 1 amide bonds. The third kappa shape index (κ3) is 2.48. The zero-order valence-corrected chi connectivity index (χ0v) is 9.52. The fourth-order valence-electron chi connectivity index (χ4n) is 1.78. The molecule has 2 heterocycles. The molecule has 1 unspecified atom stereocenters. The number of piperidine rings is 1. The second-order valence-electron chi connectivity index (χ2n) is 3.88. The van der Waals surface area contributed by atoms with Crippen LogP contribution in [0.15, 0.2) is 12.4 Å². The minimum atomic E-state index is -0.126. The fraction of sp³-hybridized carbons (Fsp3) is 0.500. The Balaban J connectivity index is 2.09. The minimum Gasteiger partial charge on any atom is -0.336 e. The average Bonchev–Trinajstić information content (AvgIpc) is 2.29. The molecule has 5 nitrogen and oxygen atoms in total. The molecule has 0 saturated carbocycles. The number of nitrogens with two attached hydrogens (primary N) is 1. The predicted molar refractivity (Wildman–Crippen MR) is 60.2 cm³/mol. The van der Waals surface area contributed by atoms with Gasteiger partial charge in [-0.25, -0.2) is 9.97 Å². The van der Waals surface area contributed by atoms with Gasteiger partial charge >= 0.3 is 0 Å². The van der Waals surface area contributed by atoms with Crippen molar-refractivity contribution in [3.05, 3.63) is 23.2 Å². The number of carbonyl (C=O) groups excluding carboxylic acids is 1. The van der Waals surface area contributed by atoms with Crippen LogP contribution in [0.3, 0.4) is 0 Å². The Hall–Kier alpha value is -1.20. The molecule has 1 saturated heterocycles. The van der Waals surface area contributed by atoms with E-state index in [-0.39, 0.29) is 17.1 Å². The van der Waals surface area contributed by atoms with E-state index in [0.717, 1.165) is 19.4 Å². The van der Waals surface area contributed by atoms with Gasteiger partial charge in [0.2, 0.25) is 0 Å². The SMILES string of the molecule is NC1CCCN(C(=O)c2cnc(Cl)cn2)C1. The van der Waals surface area contributed by atoms with Crippen LogP contribution in [0.2, 0.25) is 5.15 Å². The number of halogens is 1. The molecule has 2 N–H and O–H groups in total. The summed E-state index contributed by atoms with van der Waals surface area (Å²) in [6.07, 6.45) is 4.67. The number of amides is 1. The molecule has 1 aromatic heterocycles. The van der Waals surface area contributed by atoms with E-state index in [0.29, 0.717) is 12.2 Å². The largest absolute Gasteiger partial charge is 0.336 e. The van der Waals surface area contributed by atoms with Crippen molar-refractivity contribution in [2.75, 3.05) is 13.1 Å². The Morgan fingerprint density at radius 1 is 1.50 bits per heavy atom. The van der Waals surface area contributed by atoms with Crippen molar-refractivity contribution < 1.29 is 4.79 Å². The normalized spacial score (nSPS) is 20.9. The lowest BCUT2D eigenvalue weighted by Gasteiger charge is -2.30. The zero-order chi connectivity index (χ0) is 11.5. The van der Waals surface area contributed by atoms with Gasteiger partial charge in [-0.15, -0.1) is 0 Å². The molecule has 0 aliphatic carbocycles. The molecule has 1 fully saturated rings. The van der Waals surface area contributed by atoms with Gasteiger partial charge in [0.25, 0.3) is 5.91 Å². The van der Waals surface area contributed by atoms with Crippen LogP contribution >= 0.6 is 11.6 Å². The molecule has 86 valence electrons. The molecule has 1 atom stereocenters. The van der Waals surface area contributed by atoms with Gasteiger partial charge in [0.05, 0.1) is 12.4 Å². The molecule has 0 aromatic carbocycles. The summed E-state index contributed by atoms with van der Waals surface area (Å²) in [5.41, 5.74) is 6.13. The van der Waals surface area contributed by atoms with Crippen LogP contribution < -0.4 is 5.73 Å². The van der Waals surface area contributed by atoms with Gasteiger partial charge in [0.15, 0.2) is 0 Å². The van der Waals surface area contributed by atoms with Gasteiger partial charge in [-0.3, -0.25) is 4.79 Å². The van der Waals surface area contributed by atoms with E-state index in [9.17, 15) is 4.79 Å². The van der Waals surface area contributed by atoms with Crippen molar-refractivity contribution in [2.45, 2.75) is 18.9 Å². The third-order valence-corrected chi connectivity index (χ3v) is 2.78. The summed E-state index contributed by atoms with van der Waals surface area (Å²) in [5, 5.41) is 0.284. The Bertz CT molecular complexity index is 381. The maximum Gasteiger partial charge on any atom is 0.274 e. The van der Waals surface area contributed by atoms with Crippen molar-refractivity contribution in [1.82, 2.24) is 14.9 Å². The molecule has 1 aliphatic heterocycles. The summed E-state index contributed by atoms with van der Waals surface area (Å²) in [5.74, 6) is -0.126. The van der Waals surface area contributed by atoms with Gasteiger partial charge in [0.1, 0.15) is 10.8 Å². The summed E-state index contributed by atoms with van der Waals surface area (Å²) < 4.78 is 0. The van der Waals surface area contributed by atoms with Crippen LogP contribution in [-0.2, 0) is 0 Å². The van der Waals surface area contributed by atoms with Gasteiger partial charge in [-0.05, 0) is 12.8 Å². The molecule has 2 rings (SSSR count). The van der Waals surface area contributed by atoms with Crippen LogP contribution in [0.25, 0.3) is 0 Å². The molecule has 16 heavy (non-hydrogen) atoms. The maximum absolute atomic E-state index is 12.0. The monoisotopic (exact) mass is 240 g/mol. The highest BCUT2D eigenvalue weighted by atomic mass is 35.5. The van der Waals surface area contributed by atoms with Crippen LogP contribution in [-0.4, -0.2) is 39.9 Å². The zero-order valence-electron chi connectivity index (χ0n) is 8.77. The highest BCUT2D eigenvalue weighted by Crippen LogP contribution is 2.11. The number of hydrogen-bond acceptors (Lipinski definition) is 4. The maximum atomic E-state index is 12.0. The van der Waals surface area contributed by atoms with E-state index in [1.165, 1.54) is 12.4 Å². The van der Waals surface area contributed by atoms with Crippen LogP contribution in [0.4, 0.5) is 0 Å². The topological polar surface area (TPSA) is 72.1 Å². The van der Waals surface area contributed by atoms with Gasteiger partial charge in [0, 0.05) is 19.1 Å². The summed E-state index contributed by atoms with van der Waals surface area (Å²) >= 11 is 5.61. The lowest BCUT2D eigenvalue weighted by Crippen LogP contribution is -2.45. The van der Waals surface area contributed by atoms with E-state index < -0.39 is 0 Å². The first-order valence-corrected chi connectivity index (χ1v) is 5.57. The second kappa shape index (κ2) is 4.76. The van der Waals surface area contributed by atoms with E-state index in [1.807, 2.05) is 0 Å². The van der Waals surface area contributed by atoms with E-state index in [2.05, 4.69) is 9.97 Å². The first-order valence-electron chi connectivity index (χ1n) is 5.19. The van der Waals surface area contributed by atoms with Crippen LogP contribution in [0.5, 0.6) is 0 Å². The lowest BCUT2D eigenvalue weighted by atomic mass is 10.1. The minimum absolute atomic E-state index is 0.0676. The van der Waals surface area contributed by atoms with E-state index in [1.54, 1.807) is 4.90 Å². The van der Waals surface area contributed by atoms with Crippen LogP contribution in [0.1, 0.15) is 23.3 Å². The average molecular weight is 241 g/mol. The quantitative estimate of drug-likeness (QED) is 0.784. The van der Waals surface area contributed by atoms with Crippen molar-refractivity contribution in [1.29, 1.82) is 0 Å². The number of rotatable bonds is 1. The summed E-state index contributed by atoms with van der Waals surface area (Å²) in [6.45, 7) is 1.32. The predicted octanol–water partition coefficient (Wildman–Crippen LogP) is 0.693. The van der Waals surface area contributed by atoms with Gasteiger partial charge < -0.3 is 10.6 Å². The molecular formula is C10H13ClN4O. The van der Waals surface area contributed by atoms with Gasteiger partial charge in [-0.2, -0.15) is 0 Å². The van der Waals surface area contributed by atoms with Crippen molar-refractivity contribution in [2.24, 2.45) is 5.73 Å². The van der Waals surface area contributed by atoms with Crippen molar-refractivity contribution in [3.63, 3.8) is 0 Å². The number of nitrogens with zero attached hydrogens (tertiary/aromatic N) is 3. The molecule has 1 aliphatic rings. The van der Waals surface area contributed by atoms with E-state index >= 15 is 0 Å². The molecular weight excluding hydrogens is 228 g/mol. The Kier molecular flexibility index (Phi) is 3.36. The molecule has 0 bridgehead atoms. The Morgan fingerprint density at radius 2 is 2.31 bits per heavy atom. The second-order valence-corrected chi connectivity index (χ2v) is 4.27. The Labute approximate surface area is 98.6 Å². The van der Waals surface area contributed by atoms with Crippen LogP contribution in [0, 0.1) is 0 Å². The molecule has 6 heteroatoms. The summed E-state index contributed by atoms with van der Waals surface area (Å²) in [4.78, 5) is 21.5. The third-order valence-electron chi connectivity index (χ3n) is 2.58. The van der Waals surface area contributed by atoms with Crippen molar-refractivity contribution in [3.8, 4) is 0 Å². The number of likely N-dealkylation sites (tertiary alicyclic amines) is 1. The fourth-order valence-corrected chi connectivity index (χ4v) is 1.88. The molecule has 1 aromatic rings. The smallest absolute Gasteiger partial charge is 0.274 e. The molecule has 0 radical (unpaired) electrons. The number of aromatic nitrogens is 2. The highest BCUT2D eigenvalue weighted by molar-refractivity contribution is 6.29. The van der Waals surface area contributed by atoms with Crippen molar-refractivity contribution >= 4 is 17.5 Å². The van der Waals surface area contributed by atoms with E-state index in [4.69, 9.17) is 17.3 Å². The highest BCUT2D eigenvalue weighted by Gasteiger charge is 2.23. The summed E-state index contributed by atoms with van der Waals surface area (Å²) in [7, 11) is 0. The Morgan fingerprint density at radius 3 is 2.94 bits per heavy atom. The first-order chi connectivity index (χ1) is 7.66. The van der Waals surface area contributed by atoms with Gasteiger partial charge in [-0.1, -0.05) is 11.6 Å². The number of hydrogen-bond donors (Lipinski definition) is 1. The number of carbonyl (C=O) groups is 1.